The molecule has 0 aromatic carbocycles. The number of ether oxygens (including phenoxy) is 7. The molecule has 0 aliphatic rings. The fourth-order valence-electron chi connectivity index (χ4n) is 1.75. The van der Waals surface area contributed by atoms with Crippen LogP contribution in [0.15, 0.2) is 50.6 Å². The summed E-state index contributed by atoms with van der Waals surface area (Å²) in [6, 6.07) is 0. The zero-order valence-electron chi connectivity index (χ0n) is 18.6. The highest BCUT2D eigenvalue weighted by Gasteiger charge is 2.33. The van der Waals surface area contributed by atoms with Gasteiger partial charge in [-0.05, 0) is 0 Å². The van der Waals surface area contributed by atoms with Crippen molar-refractivity contribution in [3.63, 3.8) is 0 Å². The van der Waals surface area contributed by atoms with Crippen LogP contribution in [0.25, 0.3) is 0 Å². The summed E-state index contributed by atoms with van der Waals surface area (Å²) in [4.78, 5) is 0. The third-order valence-electron chi connectivity index (χ3n) is 2.99. The van der Waals surface area contributed by atoms with Gasteiger partial charge in [0.2, 0.25) is 0 Å². The molecular formula is C22H40O9. The van der Waals surface area contributed by atoms with Crippen molar-refractivity contribution in [1.29, 1.82) is 0 Å². The van der Waals surface area contributed by atoms with Gasteiger partial charge in [-0.1, -0.05) is 24.3 Å². The third kappa shape index (κ3) is 23.1. The predicted octanol–water partition coefficient (Wildman–Crippen LogP) is 1.47. The summed E-state index contributed by atoms with van der Waals surface area (Å²) >= 11 is 0. The predicted molar refractivity (Wildman–Crippen MR) is 119 cm³/mol. The zero-order chi connectivity index (χ0) is 23.5. The lowest BCUT2D eigenvalue weighted by Crippen LogP contribution is -2.44. The molecule has 0 amide bonds. The number of hydrogen-bond acceptors (Lipinski definition) is 9. The van der Waals surface area contributed by atoms with Gasteiger partial charge < -0.3 is 43.4 Å². The Morgan fingerprint density at radius 1 is 0.516 bits per heavy atom. The van der Waals surface area contributed by atoms with Gasteiger partial charge in [0.25, 0.3) is 0 Å². The Morgan fingerprint density at radius 2 is 0.871 bits per heavy atom. The van der Waals surface area contributed by atoms with E-state index in [1.54, 1.807) is 24.3 Å². The summed E-state index contributed by atoms with van der Waals surface area (Å²) in [5.41, 5.74) is 0. The maximum atomic E-state index is 8.36. The second-order valence-electron chi connectivity index (χ2n) is 5.57. The highest BCUT2D eigenvalue weighted by Crippen LogP contribution is 2.17. The first kappa shape index (κ1) is 31.8. The Balaban J connectivity index is 0. The second kappa shape index (κ2) is 26.6. The molecule has 9 nitrogen and oxygen atoms in total. The SMILES string of the molecule is C=CCOCC(OCC=C)(OCC=C)OCC=C.OCCOCCOCCOCCO. The first-order valence-electron chi connectivity index (χ1n) is 10.0. The van der Waals surface area contributed by atoms with E-state index in [0.717, 1.165) is 0 Å². The summed E-state index contributed by atoms with van der Waals surface area (Å²) in [6.07, 6.45) is 6.46. The van der Waals surface area contributed by atoms with E-state index < -0.39 is 5.97 Å². The molecule has 0 aliphatic carbocycles. The quantitative estimate of drug-likeness (QED) is 0.137. The Kier molecular flexibility index (Phi) is 27.3. The normalized spacial score (nSPS) is 10.8. The first-order valence-corrected chi connectivity index (χ1v) is 10.0. The van der Waals surface area contributed by atoms with Gasteiger partial charge in [0.05, 0.1) is 79.3 Å². The lowest BCUT2D eigenvalue weighted by atomic mass is 10.5. The molecule has 0 fully saturated rings. The van der Waals surface area contributed by atoms with Crippen molar-refractivity contribution >= 4 is 0 Å². The van der Waals surface area contributed by atoms with Crippen LogP contribution in [-0.2, 0) is 33.2 Å². The minimum atomic E-state index is -1.28. The lowest BCUT2D eigenvalue weighted by molar-refractivity contribution is -0.384. The highest BCUT2D eigenvalue weighted by molar-refractivity contribution is 4.74. The molecule has 0 aromatic heterocycles. The van der Waals surface area contributed by atoms with Gasteiger partial charge in [0, 0.05) is 0 Å². The van der Waals surface area contributed by atoms with Crippen molar-refractivity contribution in [2.24, 2.45) is 0 Å². The number of aliphatic hydroxyl groups excluding tert-OH is 2. The van der Waals surface area contributed by atoms with E-state index in [2.05, 4.69) is 26.3 Å². The summed E-state index contributed by atoms with van der Waals surface area (Å²) in [6.45, 7) is 18.4. The van der Waals surface area contributed by atoms with Crippen LogP contribution in [-0.4, -0.2) is 102 Å². The van der Waals surface area contributed by atoms with E-state index in [9.17, 15) is 0 Å². The van der Waals surface area contributed by atoms with Crippen molar-refractivity contribution in [3.8, 4) is 0 Å². The standard InChI is InChI=1S/C14H22O4.C8H18O5/c1-5-9-15-13-14(16-10-6-2,17-11-7-3)18-12-8-4;9-1-3-11-5-7-13-8-6-12-4-2-10/h5-8H,1-4,9-13H2;9-10H,1-8H2. The largest absolute Gasteiger partial charge is 0.394 e. The fraction of sp³-hybridized carbons (Fsp3) is 0.636. The van der Waals surface area contributed by atoms with Crippen LogP contribution in [0.5, 0.6) is 0 Å². The van der Waals surface area contributed by atoms with Gasteiger partial charge in [-0.25, -0.2) is 0 Å². The van der Waals surface area contributed by atoms with E-state index in [4.69, 9.17) is 43.4 Å². The number of hydrogen-bond donors (Lipinski definition) is 2. The van der Waals surface area contributed by atoms with Gasteiger partial charge in [-0.15, -0.1) is 26.3 Å². The second-order valence-corrected chi connectivity index (χ2v) is 5.57. The molecule has 31 heavy (non-hydrogen) atoms. The molecule has 9 heteroatoms. The van der Waals surface area contributed by atoms with Crippen molar-refractivity contribution < 1.29 is 43.4 Å². The van der Waals surface area contributed by atoms with Crippen LogP contribution in [0.1, 0.15) is 0 Å². The van der Waals surface area contributed by atoms with E-state index in [-0.39, 0.29) is 39.6 Å². The molecule has 0 unspecified atom stereocenters. The smallest absolute Gasteiger partial charge is 0.308 e. The molecule has 2 N–H and O–H groups in total. The molecule has 0 aliphatic heterocycles. The average Bonchev–Trinajstić information content (AvgIpc) is 2.79. The van der Waals surface area contributed by atoms with Crippen LogP contribution in [0.3, 0.4) is 0 Å². The maximum absolute atomic E-state index is 8.36. The average molecular weight is 449 g/mol. The Labute approximate surface area is 186 Å². The Bertz CT molecular complexity index is 375. The summed E-state index contributed by atoms with van der Waals surface area (Å²) in [7, 11) is 0. The van der Waals surface area contributed by atoms with Crippen LogP contribution < -0.4 is 0 Å². The van der Waals surface area contributed by atoms with Crippen molar-refractivity contribution in [2.45, 2.75) is 5.97 Å². The van der Waals surface area contributed by atoms with Crippen molar-refractivity contribution in [2.75, 3.05) is 85.9 Å². The van der Waals surface area contributed by atoms with Gasteiger partial charge in [0.1, 0.15) is 6.61 Å². The third-order valence-corrected chi connectivity index (χ3v) is 2.99. The first-order chi connectivity index (χ1) is 15.2. The molecule has 0 radical (unpaired) electrons. The summed E-state index contributed by atoms with van der Waals surface area (Å²) in [5.74, 6) is -1.28. The molecular weight excluding hydrogens is 408 g/mol. The molecule has 182 valence electrons. The lowest BCUT2D eigenvalue weighted by Gasteiger charge is -2.31. The Hall–Kier alpha value is -1.40. The van der Waals surface area contributed by atoms with Gasteiger partial charge >= 0.3 is 5.97 Å². The molecule has 0 heterocycles. The molecule has 0 aromatic rings. The minimum absolute atomic E-state index is 0.0413. The fourth-order valence-corrected chi connectivity index (χ4v) is 1.75. The van der Waals surface area contributed by atoms with E-state index in [0.29, 0.717) is 46.2 Å². The van der Waals surface area contributed by atoms with Crippen molar-refractivity contribution in [3.05, 3.63) is 50.6 Å². The van der Waals surface area contributed by atoms with Crippen molar-refractivity contribution in [1.82, 2.24) is 0 Å². The molecule has 0 atom stereocenters. The summed E-state index contributed by atoms with van der Waals surface area (Å²) < 4.78 is 36.9. The molecule has 0 rings (SSSR count). The van der Waals surface area contributed by atoms with Gasteiger partial charge in [-0.2, -0.15) is 0 Å². The van der Waals surface area contributed by atoms with Crippen LogP contribution >= 0.6 is 0 Å². The van der Waals surface area contributed by atoms with E-state index >= 15 is 0 Å². The molecule has 0 spiro atoms. The highest BCUT2D eigenvalue weighted by atomic mass is 16.9. The van der Waals surface area contributed by atoms with Crippen LogP contribution in [0.4, 0.5) is 0 Å². The van der Waals surface area contributed by atoms with Gasteiger partial charge in [0.15, 0.2) is 0 Å². The Morgan fingerprint density at radius 3 is 1.19 bits per heavy atom. The van der Waals surface area contributed by atoms with Gasteiger partial charge in [-0.3, -0.25) is 0 Å². The van der Waals surface area contributed by atoms with E-state index in [1.165, 1.54) is 0 Å². The minimum Gasteiger partial charge on any atom is -0.394 e. The monoisotopic (exact) mass is 448 g/mol. The number of aliphatic hydroxyl groups is 2. The number of rotatable bonds is 23. The molecule has 0 saturated carbocycles. The molecule has 0 saturated heterocycles. The maximum Gasteiger partial charge on any atom is 0.308 e. The zero-order valence-corrected chi connectivity index (χ0v) is 18.6. The van der Waals surface area contributed by atoms with Crippen LogP contribution in [0.2, 0.25) is 0 Å². The summed E-state index contributed by atoms with van der Waals surface area (Å²) in [5, 5.41) is 16.7. The van der Waals surface area contributed by atoms with Crippen LogP contribution in [0, 0.1) is 0 Å². The van der Waals surface area contributed by atoms with E-state index in [1.807, 2.05) is 0 Å². The topological polar surface area (TPSA) is 105 Å². The molecule has 0 bridgehead atoms.